The number of hydrogen-bond donors (Lipinski definition) is 1. The van der Waals surface area contributed by atoms with E-state index < -0.39 is 0 Å². The fraction of sp³-hybridized carbons (Fsp3) is 0.667. The minimum absolute atomic E-state index is 0.208. The Balaban J connectivity index is 2.03. The number of anilines is 1. The zero-order valence-electron chi connectivity index (χ0n) is 13.4. The lowest BCUT2D eigenvalue weighted by molar-refractivity contribution is 0.435. The van der Waals surface area contributed by atoms with E-state index >= 15 is 0 Å². The second-order valence-corrected chi connectivity index (χ2v) is 7.38. The van der Waals surface area contributed by atoms with Gasteiger partial charge in [0.05, 0.1) is 0 Å². The fourth-order valence-electron chi connectivity index (χ4n) is 3.37. The Morgan fingerprint density at radius 1 is 1.33 bits per heavy atom. The Kier molecular flexibility index (Phi) is 6.56. The molecule has 0 radical (unpaired) electrons. The number of benzene rings is 1. The van der Waals surface area contributed by atoms with Crippen LogP contribution in [-0.2, 0) is 6.42 Å². The highest BCUT2D eigenvalue weighted by molar-refractivity contribution is 9.10. The molecule has 1 aromatic carbocycles. The van der Waals surface area contributed by atoms with Gasteiger partial charge in [-0.3, -0.25) is 0 Å². The summed E-state index contributed by atoms with van der Waals surface area (Å²) in [6.07, 6.45) is 7.71. The highest BCUT2D eigenvalue weighted by Gasteiger charge is 2.17. The zero-order chi connectivity index (χ0) is 15.2. The second-order valence-electron chi connectivity index (χ2n) is 6.53. The lowest BCUT2D eigenvalue weighted by Crippen LogP contribution is -2.24. The molecule has 0 aliphatic carbocycles. The number of rotatable bonds is 5. The van der Waals surface area contributed by atoms with E-state index in [0.717, 1.165) is 12.3 Å². The maximum atomic E-state index is 5.91. The minimum atomic E-state index is 0.208. The van der Waals surface area contributed by atoms with Crippen molar-refractivity contribution < 1.29 is 0 Å². The highest BCUT2D eigenvalue weighted by atomic mass is 79.9. The van der Waals surface area contributed by atoms with E-state index in [1.165, 1.54) is 60.9 Å². The molecule has 2 nitrogen and oxygen atoms in total. The van der Waals surface area contributed by atoms with E-state index in [1.807, 2.05) is 0 Å². The first-order valence-corrected chi connectivity index (χ1v) is 9.18. The van der Waals surface area contributed by atoms with Gasteiger partial charge in [0.25, 0.3) is 0 Å². The summed E-state index contributed by atoms with van der Waals surface area (Å²) in [5, 5.41) is 0. The molecule has 118 valence electrons. The van der Waals surface area contributed by atoms with Crippen LogP contribution in [0.15, 0.2) is 22.7 Å². The van der Waals surface area contributed by atoms with Gasteiger partial charge in [-0.1, -0.05) is 41.8 Å². The molecule has 2 unspecified atom stereocenters. The van der Waals surface area contributed by atoms with Crippen LogP contribution >= 0.6 is 15.9 Å². The summed E-state index contributed by atoms with van der Waals surface area (Å²) in [5.41, 5.74) is 8.57. The predicted octanol–water partition coefficient (Wildman–Crippen LogP) is 4.75. The Morgan fingerprint density at radius 3 is 2.81 bits per heavy atom. The third kappa shape index (κ3) is 5.00. The predicted molar refractivity (Wildman–Crippen MR) is 96.0 cm³/mol. The van der Waals surface area contributed by atoms with Crippen LogP contribution < -0.4 is 10.6 Å². The van der Waals surface area contributed by atoms with E-state index in [-0.39, 0.29) is 6.04 Å². The summed E-state index contributed by atoms with van der Waals surface area (Å²) in [6.45, 7) is 6.75. The van der Waals surface area contributed by atoms with Gasteiger partial charge in [-0.15, -0.1) is 0 Å². The van der Waals surface area contributed by atoms with Crippen molar-refractivity contribution in [3.8, 4) is 0 Å². The molecule has 0 bridgehead atoms. The quantitative estimate of drug-likeness (QED) is 0.828. The maximum absolute atomic E-state index is 5.91. The zero-order valence-corrected chi connectivity index (χ0v) is 15.0. The van der Waals surface area contributed by atoms with Crippen LogP contribution in [0, 0.1) is 5.92 Å². The number of halogens is 1. The van der Waals surface area contributed by atoms with Crippen LogP contribution in [0.5, 0.6) is 0 Å². The van der Waals surface area contributed by atoms with Crippen molar-refractivity contribution in [2.45, 2.75) is 58.4 Å². The molecule has 0 aromatic heterocycles. The van der Waals surface area contributed by atoms with Crippen LogP contribution in [0.2, 0.25) is 0 Å². The molecule has 0 saturated carbocycles. The molecule has 3 heteroatoms. The maximum Gasteiger partial charge on any atom is 0.0377 e. The van der Waals surface area contributed by atoms with Gasteiger partial charge in [0.1, 0.15) is 0 Å². The average molecular weight is 353 g/mol. The van der Waals surface area contributed by atoms with E-state index in [2.05, 4.69) is 52.9 Å². The van der Waals surface area contributed by atoms with Gasteiger partial charge in [0, 0.05) is 29.3 Å². The van der Waals surface area contributed by atoms with E-state index in [4.69, 9.17) is 5.73 Å². The molecular formula is C18H29BrN2. The smallest absolute Gasteiger partial charge is 0.0377 e. The molecule has 1 aliphatic rings. The van der Waals surface area contributed by atoms with Crippen LogP contribution in [0.25, 0.3) is 0 Å². The van der Waals surface area contributed by atoms with Crippen molar-refractivity contribution in [2.75, 3.05) is 18.0 Å². The van der Waals surface area contributed by atoms with Gasteiger partial charge >= 0.3 is 0 Å². The largest absolute Gasteiger partial charge is 0.371 e. The van der Waals surface area contributed by atoms with E-state index in [0.29, 0.717) is 0 Å². The van der Waals surface area contributed by atoms with Crippen molar-refractivity contribution in [2.24, 2.45) is 11.7 Å². The molecule has 2 rings (SSSR count). The Labute approximate surface area is 138 Å². The highest BCUT2D eigenvalue weighted by Crippen LogP contribution is 2.29. The lowest BCUT2D eigenvalue weighted by Gasteiger charge is -2.24. The van der Waals surface area contributed by atoms with Gasteiger partial charge in [-0.25, -0.2) is 0 Å². The van der Waals surface area contributed by atoms with E-state index in [1.54, 1.807) is 0 Å². The molecule has 2 atom stereocenters. The van der Waals surface area contributed by atoms with Crippen molar-refractivity contribution in [3.05, 3.63) is 28.2 Å². The van der Waals surface area contributed by atoms with Crippen LogP contribution in [0.1, 0.15) is 51.5 Å². The van der Waals surface area contributed by atoms with Crippen molar-refractivity contribution >= 4 is 21.6 Å². The second kappa shape index (κ2) is 8.19. The van der Waals surface area contributed by atoms with Gasteiger partial charge in [0.15, 0.2) is 0 Å². The average Bonchev–Trinajstić information content (AvgIpc) is 2.67. The third-order valence-electron chi connectivity index (χ3n) is 4.49. The van der Waals surface area contributed by atoms with Gasteiger partial charge in [-0.05, 0) is 56.2 Å². The van der Waals surface area contributed by atoms with Crippen molar-refractivity contribution in [3.63, 3.8) is 0 Å². The van der Waals surface area contributed by atoms with E-state index in [9.17, 15) is 0 Å². The first-order valence-electron chi connectivity index (χ1n) is 8.39. The molecular weight excluding hydrogens is 324 g/mol. The minimum Gasteiger partial charge on any atom is -0.371 e. The summed E-state index contributed by atoms with van der Waals surface area (Å²) in [5.74, 6) is 0.931. The summed E-state index contributed by atoms with van der Waals surface area (Å²) >= 11 is 3.72. The fourth-order valence-corrected chi connectivity index (χ4v) is 3.89. The summed E-state index contributed by atoms with van der Waals surface area (Å²) in [7, 11) is 0. The molecule has 0 spiro atoms. The molecule has 0 amide bonds. The molecule has 1 heterocycles. The monoisotopic (exact) mass is 352 g/mol. The molecule has 1 saturated heterocycles. The van der Waals surface area contributed by atoms with Gasteiger partial charge in [-0.2, -0.15) is 0 Å². The molecule has 21 heavy (non-hydrogen) atoms. The van der Waals surface area contributed by atoms with Gasteiger partial charge < -0.3 is 10.6 Å². The number of nitrogens with two attached hydrogens (primary N) is 1. The lowest BCUT2D eigenvalue weighted by atomic mass is 9.96. The molecule has 1 fully saturated rings. The summed E-state index contributed by atoms with van der Waals surface area (Å²) in [6, 6.07) is 6.98. The van der Waals surface area contributed by atoms with Crippen molar-refractivity contribution in [1.82, 2.24) is 0 Å². The Morgan fingerprint density at radius 2 is 2.14 bits per heavy atom. The van der Waals surface area contributed by atoms with Crippen LogP contribution in [0.4, 0.5) is 5.69 Å². The third-order valence-corrected chi connectivity index (χ3v) is 5.23. The normalized spacial score (nSPS) is 21.1. The first kappa shape index (κ1) is 16.8. The molecule has 1 aromatic rings. The van der Waals surface area contributed by atoms with Crippen LogP contribution in [0.3, 0.4) is 0 Å². The van der Waals surface area contributed by atoms with Crippen molar-refractivity contribution in [1.29, 1.82) is 0 Å². The Bertz CT molecular complexity index is 445. The van der Waals surface area contributed by atoms with Crippen LogP contribution in [-0.4, -0.2) is 19.1 Å². The number of nitrogens with zero attached hydrogens (tertiary/aromatic N) is 1. The number of hydrogen-bond acceptors (Lipinski definition) is 2. The Hall–Kier alpha value is -0.540. The summed E-state index contributed by atoms with van der Waals surface area (Å²) < 4.78 is 1.20. The molecule has 1 aliphatic heterocycles. The first-order chi connectivity index (χ1) is 10.1. The molecule has 2 N–H and O–H groups in total. The SMILES string of the molecule is CCCC1CCCN(c2ccc(CC(C)N)c(Br)c2)CC1. The van der Waals surface area contributed by atoms with Gasteiger partial charge in [0.2, 0.25) is 0 Å². The topological polar surface area (TPSA) is 29.3 Å². The summed E-state index contributed by atoms with van der Waals surface area (Å²) in [4.78, 5) is 2.55. The standard InChI is InChI=1S/C18H29BrN2/c1-3-5-15-6-4-10-21(11-9-15)17-8-7-16(12-14(2)20)18(19)13-17/h7-8,13-15H,3-6,9-12,20H2,1-2H3.